The molecular weight excluding hydrogens is 464 g/mol. The van der Waals surface area contributed by atoms with Crippen LogP contribution in [-0.4, -0.2) is 33.8 Å². The third-order valence-corrected chi connectivity index (χ3v) is 7.94. The third-order valence-electron chi connectivity index (χ3n) is 6.46. The summed E-state index contributed by atoms with van der Waals surface area (Å²) in [6.45, 7) is 2.56. The van der Waals surface area contributed by atoms with Crippen molar-refractivity contribution in [1.29, 1.82) is 0 Å². The standard InChI is InChI=1S/C27H34N2O5S/c1-19(21-9-6-11-24(17-21)34-18-20-13-14-20)29-35(31,32)15-5-3-4-8-23-16-22-10-7-12-25(33-2)26(22)28-27(23)30/h3-4,6-7,9-12,17,19-20,23,29H,5,8,13-16,18H2,1-2H3,(H,28,30). The highest BCUT2D eigenvalue weighted by atomic mass is 32.2. The summed E-state index contributed by atoms with van der Waals surface area (Å²) in [4.78, 5) is 12.5. The molecule has 1 heterocycles. The van der Waals surface area contributed by atoms with Gasteiger partial charge in [0.2, 0.25) is 15.9 Å². The fourth-order valence-corrected chi connectivity index (χ4v) is 5.44. The van der Waals surface area contributed by atoms with Crippen LogP contribution in [0.15, 0.2) is 54.6 Å². The van der Waals surface area contributed by atoms with Gasteiger partial charge in [0.05, 0.1) is 25.2 Å². The van der Waals surface area contributed by atoms with E-state index in [1.54, 1.807) is 7.11 Å². The molecule has 1 amide bonds. The van der Waals surface area contributed by atoms with Gasteiger partial charge >= 0.3 is 0 Å². The van der Waals surface area contributed by atoms with Gasteiger partial charge in [-0.25, -0.2) is 13.1 Å². The van der Waals surface area contributed by atoms with E-state index in [2.05, 4.69) is 10.0 Å². The zero-order valence-corrected chi connectivity index (χ0v) is 21.1. The minimum atomic E-state index is -3.46. The van der Waals surface area contributed by atoms with Crippen LogP contribution in [0.1, 0.15) is 49.8 Å². The number of para-hydroxylation sites is 1. The van der Waals surface area contributed by atoms with Crippen LogP contribution in [0.2, 0.25) is 0 Å². The minimum absolute atomic E-state index is 0.0113. The highest BCUT2D eigenvalue weighted by Gasteiger charge is 2.27. The van der Waals surface area contributed by atoms with Crippen molar-refractivity contribution >= 4 is 21.6 Å². The first-order chi connectivity index (χ1) is 16.8. The molecule has 2 N–H and O–H groups in total. The summed E-state index contributed by atoms with van der Waals surface area (Å²) in [5.74, 6) is 1.86. The van der Waals surface area contributed by atoms with Gasteiger partial charge in [-0.1, -0.05) is 36.4 Å². The molecule has 0 aromatic heterocycles. The van der Waals surface area contributed by atoms with Crippen molar-refractivity contribution in [1.82, 2.24) is 4.72 Å². The molecule has 0 bridgehead atoms. The molecule has 2 aliphatic rings. The van der Waals surface area contributed by atoms with Crippen molar-refractivity contribution in [3.8, 4) is 11.5 Å². The SMILES string of the molecule is COc1cccc2c1NC(=O)C(CC=CCCS(=O)(=O)NC(C)c1cccc(OCC3CC3)c1)C2. The minimum Gasteiger partial charge on any atom is -0.495 e. The summed E-state index contributed by atoms with van der Waals surface area (Å²) in [6.07, 6.45) is 7.75. The lowest BCUT2D eigenvalue weighted by Crippen LogP contribution is -2.30. The maximum Gasteiger partial charge on any atom is 0.228 e. The molecule has 2 aromatic carbocycles. The first-order valence-electron chi connectivity index (χ1n) is 12.2. The Morgan fingerprint density at radius 3 is 2.74 bits per heavy atom. The Bertz CT molecular complexity index is 1170. The van der Waals surface area contributed by atoms with E-state index in [4.69, 9.17) is 9.47 Å². The normalized spacial score (nSPS) is 18.7. The van der Waals surface area contributed by atoms with Crippen LogP contribution in [-0.2, 0) is 21.2 Å². The van der Waals surface area contributed by atoms with Gasteiger partial charge in [-0.05, 0) is 74.3 Å². The Hall–Kier alpha value is -2.84. The summed E-state index contributed by atoms with van der Waals surface area (Å²) in [7, 11) is -1.87. The van der Waals surface area contributed by atoms with Crippen molar-refractivity contribution < 1.29 is 22.7 Å². The van der Waals surface area contributed by atoms with E-state index in [1.165, 1.54) is 12.8 Å². The number of hydrogen-bond acceptors (Lipinski definition) is 5. The second-order valence-corrected chi connectivity index (χ2v) is 11.2. The molecule has 1 aliphatic carbocycles. The van der Waals surface area contributed by atoms with E-state index >= 15 is 0 Å². The van der Waals surface area contributed by atoms with Crippen LogP contribution in [0.25, 0.3) is 0 Å². The molecule has 1 saturated carbocycles. The van der Waals surface area contributed by atoms with Gasteiger partial charge < -0.3 is 14.8 Å². The first-order valence-corrected chi connectivity index (χ1v) is 13.8. The van der Waals surface area contributed by atoms with Gasteiger partial charge in [0.15, 0.2) is 0 Å². The molecule has 2 atom stereocenters. The number of fused-ring (bicyclic) bond motifs is 1. The second kappa shape index (κ2) is 11.3. The average molecular weight is 499 g/mol. The molecule has 0 saturated heterocycles. The van der Waals surface area contributed by atoms with Gasteiger partial charge in [0, 0.05) is 12.0 Å². The third kappa shape index (κ3) is 7.08. The number of hydrogen-bond donors (Lipinski definition) is 2. The Morgan fingerprint density at radius 1 is 1.17 bits per heavy atom. The largest absolute Gasteiger partial charge is 0.495 e. The summed E-state index contributed by atoms with van der Waals surface area (Å²) in [5, 5.41) is 2.94. The molecule has 188 valence electrons. The number of ether oxygens (including phenoxy) is 2. The van der Waals surface area contributed by atoms with Gasteiger partial charge in [-0.2, -0.15) is 0 Å². The number of carbonyl (C=O) groups is 1. The number of methoxy groups -OCH3 is 1. The maximum absolute atomic E-state index is 12.6. The fourth-order valence-electron chi connectivity index (χ4n) is 4.20. The summed E-state index contributed by atoms with van der Waals surface area (Å²) in [5.41, 5.74) is 2.66. The quantitative estimate of drug-likeness (QED) is 0.417. The topological polar surface area (TPSA) is 93.7 Å². The molecule has 1 fully saturated rings. The summed E-state index contributed by atoms with van der Waals surface area (Å²) < 4.78 is 39.1. The van der Waals surface area contributed by atoms with Crippen molar-refractivity contribution in [2.45, 2.75) is 45.1 Å². The Labute approximate surface area is 208 Å². The first kappa shape index (κ1) is 25.3. The van der Waals surface area contributed by atoms with E-state index < -0.39 is 10.0 Å². The maximum atomic E-state index is 12.6. The van der Waals surface area contributed by atoms with Crippen LogP contribution < -0.4 is 19.5 Å². The van der Waals surface area contributed by atoms with Crippen LogP contribution in [0, 0.1) is 11.8 Å². The van der Waals surface area contributed by atoms with Gasteiger partial charge in [-0.3, -0.25) is 4.79 Å². The fraction of sp³-hybridized carbons (Fsp3) is 0.444. The highest BCUT2D eigenvalue weighted by molar-refractivity contribution is 7.89. The molecule has 8 heteroatoms. The number of sulfonamides is 1. The lowest BCUT2D eigenvalue weighted by atomic mass is 9.90. The van der Waals surface area contributed by atoms with E-state index in [9.17, 15) is 13.2 Å². The zero-order chi connectivity index (χ0) is 24.8. The molecule has 7 nitrogen and oxygen atoms in total. The van der Waals surface area contributed by atoms with E-state index in [1.807, 2.05) is 61.5 Å². The number of allylic oxidation sites excluding steroid dienone is 2. The number of benzene rings is 2. The number of nitrogens with one attached hydrogen (secondary N) is 2. The monoisotopic (exact) mass is 498 g/mol. The lowest BCUT2D eigenvalue weighted by molar-refractivity contribution is -0.120. The van der Waals surface area contributed by atoms with E-state index in [-0.39, 0.29) is 23.6 Å². The second-order valence-electron chi connectivity index (χ2n) is 9.37. The zero-order valence-electron chi connectivity index (χ0n) is 20.3. The smallest absolute Gasteiger partial charge is 0.228 e. The van der Waals surface area contributed by atoms with Gasteiger partial charge in [0.1, 0.15) is 11.5 Å². The summed E-state index contributed by atoms with van der Waals surface area (Å²) in [6, 6.07) is 13.0. The molecule has 2 aromatic rings. The number of anilines is 1. The van der Waals surface area contributed by atoms with Gasteiger partial charge in [-0.15, -0.1) is 0 Å². The number of rotatable bonds is 12. The molecular formula is C27H34N2O5S. The molecule has 35 heavy (non-hydrogen) atoms. The van der Waals surface area contributed by atoms with E-state index in [0.29, 0.717) is 30.9 Å². The molecule has 4 rings (SSSR count). The van der Waals surface area contributed by atoms with Crippen molar-refractivity contribution in [2.75, 3.05) is 24.8 Å². The molecule has 1 aliphatic heterocycles. The summed E-state index contributed by atoms with van der Waals surface area (Å²) >= 11 is 0. The van der Waals surface area contributed by atoms with Crippen molar-refractivity contribution in [3.05, 3.63) is 65.7 Å². The average Bonchev–Trinajstić information content (AvgIpc) is 3.67. The van der Waals surface area contributed by atoms with Crippen molar-refractivity contribution in [2.24, 2.45) is 11.8 Å². The Morgan fingerprint density at radius 2 is 1.97 bits per heavy atom. The van der Waals surface area contributed by atoms with Crippen LogP contribution in [0.5, 0.6) is 11.5 Å². The highest BCUT2D eigenvalue weighted by Crippen LogP contribution is 2.35. The molecule has 0 spiro atoms. The van der Waals surface area contributed by atoms with Crippen molar-refractivity contribution in [3.63, 3.8) is 0 Å². The number of amides is 1. The molecule has 0 radical (unpaired) electrons. The molecule has 2 unspecified atom stereocenters. The van der Waals surface area contributed by atoms with Crippen LogP contribution in [0.3, 0.4) is 0 Å². The predicted molar refractivity (Wildman–Crippen MR) is 137 cm³/mol. The Kier molecular flexibility index (Phi) is 8.13. The Balaban J connectivity index is 1.23. The predicted octanol–water partition coefficient (Wildman–Crippen LogP) is 4.61. The van der Waals surface area contributed by atoms with Crippen LogP contribution >= 0.6 is 0 Å². The van der Waals surface area contributed by atoms with Gasteiger partial charge in [0.25, 0.3) is 0 Å². The lowest BCUT2D eigenvalue weighted by Gasteiger charge is -2.25. The van der Waals surface area contributed by atoms with E-state index in [0.717, 1.165) is 29.2 Å². The number of carbonyl (C=O) groups excluding carboxylic acids is 1. The van der Waals surface area contributed by atoms with Crippen LogP contribution in [0.4, 0.5) is 5.69 Å².